The predicted octanol–water partition coefficient (Wildman–Crippen LogP) is 3.77. The predicted molar refractivity (Wildman–Crippen MR) is 95.3 cm³/mol. The molecule has 1 heterocycles. The lowest BCUT2D eigenvalue weighted by atomic mass is 9.74. The number of piperidine rings is 1. The highest BCUT2D eigenvalue weighted by atomic mass is 35.5. The SMILES string of the molecule is CC1CCC(C(C)C)C(NC(=O)CCC2CCNCC2)C1.Cl. The Bertz CT molecular complexity index is 329. The third-order valence-electron chi connectivity index (χ3n) is 5.61. The molecule has 1 saturated carbocycles. The van der Waals surface area contributed by atoms with Gasteiger partial charge >= 0.3 is 0 Å². The van der Waals surface area contributed by atoms with Gasteiger partial charge in [0.05, 0.1) is 0 Å². The lowest BCUT2D eigenvalue weighted by molar-refractivity contribution is -0.123. The van der Waals surface area contributed by atoms with Crippen LogP contribution in [0.25, 0.3) is 0 Å². The zero-order chi connectivity index (χ0) is 15.2. The monoisotopic (exact) mass is 330 g/mol. The van der Waals surface area contributed by atoms with Crippen LogP contribution in [-0.2, 0) is 4.79 Å². The van der Waals surface area contributed by atoms with E-state index >= 15 is 0 Å². The number of nitrogens with one attached hydrogen (secondary N) is 2. The Labute approximate surface area is 142 Å². The van der Waals surface area contributed by atoms with Crippen molar-refractivity contribution in [1.82, 2.24) is 10.6 Å². The zero-order valence-corrected chi connectivity index (χ0v) is 15.4. The number of carbonyl (C=O) groups is 1. The van der Waals surface area contributed by atoms with Crippen LogP contribution >= 0.6 is 12.4 Å². The maximum Gasteiger partial charge on any atom is 0.220 e. The van der Waals surface area contributed by atoms with Gasteiger partial charge in [0.2, 0.25) is 5.91 Å². The molecule has 2 rings (SSSR count). The first kappa shape index (κ1) is 19.8. The fraction of sp³-hybridized carbons (Fsp3) is 0.944. The van der Waals surface area contributed by atoms with Gasteiger partial charge in [-0.25, -0.2) is 0 Å². The average molecular weight is 331 g/mol. The molecular weight excluding hydrogens is 296 g/mol. The van der Waals surface area contributed by atoms with Gasteiger partial charge in [-0.15, -0.1) is 12.4 Å². The smallest absolute Gasteiger partial charge is 0.220 e. The molecule has 0 spiro atoms. The van der Waals surface area contributed by atoms with Gasteiger partial charge in [-0.3, -0.25) is 4.79 Å². The van der Waals surface area contributed by atoms with Crippen LogP contribution in [-0.4, -0.2) is 25.0 Å². The summed E-state index contributed by atoms with van der Waals surface area (Å²) in [6, 6.07) is 0.411. The Morgan fingerprint density at radius 2 is 1.86 bits per heavy atom. The third-order valence-corrected chi connectivity index (χ3v) is 5.61. The van der Waals surface area contributed by atoms with Crippen molar-refractivity contribution in [2.75, 3.05) is 13.1 Å². The van der Waals surface area contributed by atoms with Crippen LogP contribution in [0.1, 0.15) is 65.7 Å². The van der Waals surface area contributed by atoms with E-state index in [1.165, 1.54) is 32.1 Å². The van der Waals surface area contributed by atoms with Crippen LogP contribution < -0.4 is 10.6 Å². The largest absolute Gasteiger partial charge is 0.353 e. The highest BCUT2D eigenvalue weighted by Gasteiger charge is 2.31. The Kier molecular flexibility index (Phi) is 8.78. The summed E-state index contributed by atoms with van der Waals surface area (Å²) >= 11 is 0. The number of halogens is 1. The van der Waals surface area contributed by atoms with Crippen molar-refractivity contribution in [2.45, 2.75) is 71.8 Å². The van der Waals surface area contributed by atoms with E-state index in [-0.39, 0.29) is 12.4 Å². The molecule has 1 aliphatic carbocycles. The Hall–Kier alpha value is -0.280. The van der Waals surface area contributed by atoms with E-state index in [4.69, 9.17) is 0 Å². The van der Waals surface area contributed by atoms with Crippen LogP contribution in [0.15, 0.2) is 0 Å². The summed E-state index contributed by atoms with van der Waals surface area (Å²) in [4.78, 5) is 12.3. The van der Waals surface area contributed by atoms with Crippen LogP contribution in [0.4, 0.5) is 0 Å². The van der Waals surface area contributed by atoms with E-state index in [9.17, 15) is 4.79 Å². The molecule has 0 radical (unpaired) electrons. The second-order valence-electron chi connectivity index (χ2n) is 7.73. The van der Waals surface area contributed by atoms with E-state index in [1.54, 1.807) is 0 Å². The van der Waals surface area contributed by atoms with Crippen molar-refractivity contribution in [2.24, 2.45) is 23.7 Å². The quantitative estimate of drug-likeness (QED) is 0.805. The Morgan fingerprint density at radius 3 is 2.50 bits per heavy atom. The lowest BCUT2D eigenvalue weighted by Gasteiger charge is -2.38. The number of hydrogen-bond acceptors (Lipinski definition) is 2. The minimum atomic E-state index is 0. The first-order chi connectivity index (χ1) is 10.1. The van der Waals surface area contributed by atoms with Crippen molar-refractivity contribution < 1.29 is 4.79 Å². The normalized spacial score (nSPS) is 29.9. The highest BCUT2D eigenvalue weighted by molar-refractivity contribution is 5.85. The molecule has 0 bridgehead atoms. The van der Waals surface area contributed by atoms with Gasteiger partial charge in [0.1, 0.15) is 0 Å². The van der Waals surface area contributed by atoms with Gasteiger partial charge < -0.3 is 10.6 Å². The molecule has 0 aromatic heterocycles. The zero-order valence-electron chi connectivity index (χ0n) is 14.6. The minimum absolute atomic E-state index is 0. The molecule has 0 aromatic rings. The molecule has 3 unspecified atom stereocenters. The van der Waals surface area contributed by atoms with Crippen LogP contribution in [0.3, 0.4) is 0 Å². The molecule has 22 heavy (non-hydrogen) atoms. The van der Waals surface area contributed by atoms with E-state index < -0.39 is 0 Å². The Balaban J connectivity index is 0.00000242. The van der Waals surface area contributed by atoms with Crippen molar-refractivity contribution in [3.63, 3.8) is 0 Å². The minimum Gasteiger partial charge on any atom is -0.353 e. The van der Waals surface area contributed by atoms with E-state index in [1.807, 2.05) is 0 Å². The molecule has 2 N–H and O–H groups in total. The Morgan fingerprint density at radius 1 is 1.18 bits per heavy atom. The number of hydrogen-bond donors (Lipinski definition) is 2. The van der Waals surface area contributed by atoms with E-state index in [2.05, 4.69) is 31.4 Å². The first-order valence-corrected chi connectivity index (χ1v) is 9.06. The van der Waals surface area contributed by atoms with Crippen LogP contribution in [0.2, 0.25) is 0 Å². The average Bonchev–Trinajstić information content (AvgIpc) is 2.46. The molecule has 1 amide bonds. The molecule has 3 nitrogen and oxygen atoms in total. The summed E-state index contributed by atoms with van der Waals surface area (Å²) in [6.07, 6.45) is 8.04. The van der Waals surface area contributed by atoms with Crippen molar-refractivity contribution >= 4 is 18.3 Å². The standard InChI is InChI=1S/C18H34N2O.ClH/c1-13(2)16-6-4-14(3)12-17(16)20-18(21)7-5-15-8-10-19-11-9-15;/h13-17,19H,4-12H2,1-3H3,(H,20,21);1H. The van der Waals surface area contributed by atoms with Crippen molar-refractivity contribution in [1.29, 1.82) is 0 Å². The van der Waals surface area contributed by atoms with Crippen molar-refractivity contribution in [3.8, 4) is 0 Å². The molecule has 130 valence electrons. The summed E-state index contributed by atoms with van der Waals surface area (Å²) in [5.74, 6) is 3.15. The maximum atomic E-state index is 12.3. The topological polar surface area (TPSA) is 41.1 Å². The van der Waals surface area contributed by atoms with E-state index in [0.29, 0.717) is 23.8 Å². The molecule has 2 fully saturated rings. The molecular formula is C18H35ClN2O. The summed E-state index contributed by atoms with van der Waals surface area (Å²) < 4.78 is 0. The van der Waals surface area contributed by atoms with E-state index in [0.717, 1.165) is 37.8 Å². The molecule has 4 heteroatoms. The van der Waals surface area contributed by atoms with Crippen molar-refractivity contribution in [3.05, 3.63) is 0 Å². The van der Waals surface area contributed by atoms with Gasteiger partial charge in [0, 0.05) is 12.5 Å². The fourth-order valence-corrected chi connectivity index (χ4v) is 4.15. The molecule has 3 atom stereocenters. The van der Waals surface area contributed by atoms with Gasteiger partial charge in [-0.05, 0) is 68.9 Å². The summed E-state index contributed by atoms with van der Waals surface area (Å²) in [5, 5.41) is 6.76. The second-order valence-corrected chi connectivity index (χ2v) is 7.73. The highest BCUT2D eigenvalue weighted by Crippen LogP contribution is 2.33. The van der Waals surface area contributed by atoms with Gasteiger partial charge in [0.15, 0.2) is 0 Å². The fourth-order valence-electron chi connectivity index (χ4n) is 4.15. The molecule has 2 aliphatic rings. The molecule has 1 aliphatic heterocycles. The number of rotatable bonds is 5. The van der Waals surface area contributed by atoms with Gasteiger partial charge in [-0.1, -0.05) is 27.2 Å². The van der Waals surface area contributed by atoms with Gasteiger partial charge in [0.25, 0.3) is 0 Å². The van der Waals surface area contributed by atoms with Crippen LogP contribution in [0.5, 0.6) is 0 Å². The summed E-state index contributed by atoms with van der Waals surface area (Å²) in [6.45, 7) is 9.18. The maximum absolute atomic E-state index is 12.3. The third kappa shape index (κ3) is 6.08. The summed E-state index contributed by atoms with van der Waals surface area (Å²) in [5.41, 5.74) is 0. The second kappa shape index (κ2) is 9.77. The summed E-state index contributed by atoms with van der Waals surface area (Å²) in [7, 11) is 0. The lowest BCUT2D eigenvalue weighted by Crippen LogP contribution is -2.45. The van der Waals surface area contributed by atoms with Crippen LogP contribution in [0, 0.1) is 23.7 Å². The van der Waals surface area contributed by atoms with Gasteiger partial charge in [-0.2, -0.15) is 0 Å². The number of carbonyl (C=O) groups excluding carboxylic acids is 1. The number of amides is 1. The first-order valence-electron chi connectivity index (χ1n) is 9.06. The molecule has 1 saturated heterocycles. The molecule has 0 aromatic carbocycles.